The van der Waals surface area contributed by atoms with Crippen LogP contribution in [-0.4, -0.2) is 29.8 Å². The summed E-state index contributed by atoms with van der Waals surface area (Å²) in [6, 6.07) is 0.739. The van der Waals surface area contributed by atoms with E-state index in [1.54, 1.807) is 6.92 Å². The molecule has 0 bridgehead atoms. The highest BCUT2D eigenvalue weighted by Gasteiger charge is 2.10. The Morgan fingerprint density at radius 2 is 2.00 bits per heavy atom. The van der Waals surface area contributed by atoms with Crippen molar-refractivity contribution in [3.05, 3.63) is 17.7 Å². The highest BCUT2D eigenvalue weighted by molar-refractivity contribution is 5.47. The molecule has 0 aliphatic carbocycles. The van der Waals surface area contributed by atoms with Crippen LogP contribution in [0.5, 0.6) is 0 Å². The summed E-state index contributed by atoms with van der Waals surface area (Å²) in [6.45, 7) is 1.70. The molecule has 0 amide bonds. The Kier molecular flexibility index (Phi) is 3.79. The van der Waals surface area contributed by atoms with Gasteiger partial charge < -0.3 is 15.7 Å². The first-order valence-electron chi connectivity index (χ1n) is 4.50. The van der Waals surface area contributed by atoms with Gasteiger partial charge in [0, 0.05) is 19.7 Å². The standard InChI is InChI=1S/C9H13F2N3O/c1-5(15)4-13-9-7(11)3-6(10)8(12-2)14-9/h3,5,15H,4H2,1-2H3,(H2,12,13,14). The summed E-state index contributed by atoms with van der Waals surface area (Å²) in [4.78, 5) is 3.68. The summed E-state index contributed by atoms with van der Waals surface area (Å²) in [5, 5.41) is 14.0. The lowest BCUT2D eigenvalue weighted by Crippen LogP contribution is -2.17. The predicted molar refractivity (Wildman–Crippen MR) is 53.9 cm³/mol. The number of hydrogen-bond acceptors (Lipinski definition) is 4. The quantitative estimate of drug-likeness (QED) is 0.709. The van der Waals surface area contributed by atoms with Crippen LogP contribution in [0.1, 0.15) is 6.92 Å². The molecule has 0 radical (unpaired) electrons. The topological polar surface area (TPSA) is 57.2 Å². The molecule has 0 aliphatic rings. The third kappa shape index (κ3) is 3.02. The molecule has 1 rings (SSSR count). The van der Waals surface area contributed by atoms with Crippen molar-refractivity contribution in [3.63, 3.8) is 0 Å². The Labute approximate surface area is 86.3 Å². The van der Waals surface area contributed by atoms with Crippen LogP contribution < -0.4 is 10.6 Å². The van der Waals surface area contributed by atoms with Crippen molar-refractivity contribution in [1.82, 2.24) is 4.98 Å². The fraction of sp³-hybridized carbons (Fsp3) is 0.444. The molecule has 0 saturated carbocycles. The van der Waals surface area contributed by atoms with E-state index in [2.05, 4.69) is 15.6 Å². The van der Waals surface area contributed by atoms with E-state index >= 15 is 0 Å². The lowest BCUT2D eigenvalue weighted by atomic mass is 10.3. The number of halogens is 2. The first kappa shape index (κ1) is 11.6. The van der Waals surface area contributed by atoms with Crippen LogP contribution in [0.2, 0.25) is 0 Å². The molecule has 6 heteroatoms. The van der Waals surface area contributed by atoms with Gasteiger partial charge >= 0.3 is 0 Å². The molecule has 3 N–H and O–H groups in total. The number of aromatic nitrogens is 1. The maximum atomic E-state index is 13.1. The van der Waals surface area contributed by atoms with Gasteiger partial charge in [0.1, 0.15) is 0 Å². The van der Waals surface area contributed by atoms with Crippen LogP contribution in [0, 0.1) is 11.6 Å². The molecule has 1 heterocycles. The van der Waals surface area contributed by atoms with Crippen LogP contribution in [-0.2, 0) is 0 Å². The number of pyridine rings is 1. The van der Waals surface area contributed by atoms with Gasteiger partial charge in [-0.3, -0.25) is 0 Å². The van der Waals surface area contributed by atoms with Gasteiger partial charge in [0.25, 0.3) is 0 Å². The molecular weight excluding hydrogens is 204 g/mol. The molecular formula is C9H13F2N3O. The van der Waals surface area contributed by atoms with E-state index in [1.165, 1.54) is 7.05 Å². The van der Waals surface area contributed by atoms with Gasteiger partial charge in [0.05, 0.1) is 6.10 Å². The molecule has 1 aromatic heterocycles. The lowest BCUT2D eigenvalue weighted by Gasteiger charge is -2.10. The molecule has 0 aromatic carbocycles. The van der Waals surface area contributed by atoms with E-state index in [1.807, 2.05) is 0 Å². The van der Waals surface area contributed by atoms with Gasteiger partial charge in [-0.1, -0.05) is 0 Å². The summed E-state index contributed by atoms with van der Waals surface area (Å²) >= 11 is 0. The fourth-order valence-corrected chi connectivity index (χ4v) is 1.01. The number of nitrogens with one attached hydrogen (secondary N) is 2. The minimum absolute atomic E-state index is 0.0375. The number of aliphatic hydroxyl groups is 1. The van der Waals surface area contributed by atoms with Crippen molar-refractivity contribution in [2.24, 2.45) is 0 Å². The van der Waals surface area contributed by atoms with E-state index in [0.29, 0.717) is 0 Å². The van der Waals surface area contributed by atoms with Gasteiger partial charge in [-0.15, -0.1) is 0 Å². The molecule has 1 aromatic rings. The third-order valence-electron chi connectivity index (χ3n) is 1.73. The Morgan fingerprint density at radius 1 is 1.40 bits per heavy atom. The Bertz CT molecular complexity index is 344. The molecule has 0 spiro atoms. The van der Waals surface area contributed by atoms with E-state index in [4.69, 9.17) is 5.11 Å². The normalized spacial score (nSPS) is 12.3. The molecule has 0 aliphatic heterocycles. The zero-order chi connectivity index (χ0) is 11.4. The van der Waals surface area contributed by atoms with Gasteiger partial charge in [0.15, 0.2) is 23.3 Å². The maximum absolute atomic E-state index is 13.1. The minimum Gasteiger partial charge on any atom is -0.392 e. The molecule has 1 atom stereocenters. The van der Waals surface area contributed by atoms with E-state index in [0.717, 1.165) is 6.07 Å². The molecule has 0 saturated heterocycles. The largest absolute Gasteiger partial charge is 0.392 e. The second-order valence-electron chi connectivity index (χ2n) is 3.13. The zero-order valence-electron chi connectivity index (χ0n) is 8.51. The van der Waals surface area contributed by atoms with Crippen LogP contribution in [0.4, 0.5) is 20.4 Å². The summed E-state index contributed by atoms with van der Waals surface area (Å²) in [5.74, 6) is -1.66. The Morgan fingerprint density at radius 3 is 2.53 bits per heavy atom. The van der Waals surface area contributed by atoms with Gasteiger partial charge in [-0.25, -0.2) is 13.8 Å². The minimum atomic E-state index is -0.785. The number of hydrogen-bond donors (Lipinski definition) is 3. The first-order chi connectivity index (χ1) is 7.04. The molecule has 4 nitrogen and oxygen atoms in total. The average molecular weight is 217 g/mol. The number of nitrogens with zero attached hydrogens (tertiary/aromatic N) is 1. The Balaban J connectivity index is 2.87. The van der Waals surface area contributed by atoms with Crippen LogP contribution >= 0.6 is 0 Å². The lowest BCUT2D eigenvalue weighted by molar-refractivity contribution is 0.208. The van der Waals surface area contributed by atoms with Gasteiger partial charge in [0.2, 0.25) is 0 Å². The van der Waals surface area contributed by atoms with Crippen LogP contribution in [0.3, 0.4) is 0 Å². The van der Waals surface area contributed by atoms with Crippen molar-refractivity contribution in [3.8, 4) is 0 Å². The molecule has 84 valence electrons. The molecule has 15 heavy (non-hydrogen) atoms. The fourth-order valence-electron chi connectivity index (χ4n) is 1.01. The SMILES string of the molecule is CNc1nc(NCC(C)O)c(F)cc1F. The smallest absolute Gasteiger partial charge is 0.168 e. The monoisotopic (exact) mass is 217 g/mol. The van der Waals surface area contributed by atoms with E-state index in [-0.39, 0.29) is 18.2 Å². The van der Waals surface area contributed by atoms with Crippen molar-refractivity contribution < 1.29 is 13.9 Å². The van der Waals surface area contributed by atoms with Crippen molar-refractivity contribution in [1.29, 1.82) is 0 Å². The molecule has 1 unspecified atom stereocenters. The van der Waals surface area contributed by atoms with Gasteiger partial charge in [-0.05, 0) is 6.92 Å². The second-order valence-corrected chi connectivity index (χ2v) is 3.13. The maximum Gasteiger partial charge on any atom is 0.168 e. The van der Waals surface area contributed by atoms with Crippen molar-refractivity contribution in [2.75, 3.05) is 24.2 Å². The van der Waals surface area contributed by atoms with Gasteiger partial charge in [-0.2, -0.15) is 0 Å². The number of rotatable bonds is 4. The Hall–Kier alpha value is -1.43. The predicted octanol–water partition coefficient (Wildman–Crippen LogP) is 1.19. The van der Waals surface area contributed by atoms with Crippen LogP contribution in [0.25, 0.3) is 0 Å². The highest BCUT2D eigenvalue weighted by Crippen LogP contribution is 2.18. The first-order valence-corrected chi connectivity index (χ1v) is 4.50. The van der Waals surface area contributed by atoms with Crippen molar-refractivity contribution in [2.45, 2.75) is 13.0 Å². The summed E-state index contributed by atoms with van der Waals surface area (Å²) in [7, 11) is 1.49. The number of aliphatic hydroxyl groups excluding tert-OH is 1. The highest BCUT2D eigenvalue weighted by atomic mass is 19.1. The zero-order valence-corrected chi connectivity index (χ0v) is 8.51. The van der Waals surface area contributed by atoms with Crippen molar-refractivity contribution >= 4 is 11.6 Å². The van der Waals surface area contributed by atoms with E-state index in [9.17, 15) is 8.78 Å². The summed E-state index contributed by atoms with van der Waals surface area (Å²) < 4.78 is 26.1. The number of anilines is 2. The molecule has 0 fully saturated rings. The third-order valence-corrected chi connectivity index (χ3v) is 1.73. The summed E-state index contributed by atoms with van der Waals surface area (Å²) in [6.07, 6.45) is -0.630. The average Bonchev–Trinajstić information content (AvgIpc) is 2.16. The van der Waals surface area contributed by atoms with E-state index < -0.39 is 17.7 Å². The summed E-state index contributed by atoms with van der Waals surface area (Å²) in [5.41, 5.74) is 0. The van der Waals surface area contributed by atoms with Crippen LogP contribution in [0.15, 0.2) is 6.07 Å². The second kappa shape index (κ2) is 4.88.